The molecule has 0 aliphatic carbocycles. The van der Waals surface area contributed by atoms with Crippen molar-refractivity contribution in [2.24, 2.45) is 0 Å². The molecule has 2 aromatic rings. The van der Waals surface area contributed by atoms with Crippen LogP contribution in [0.1, 0.15) is 24.4 Å². The van der Waals surface area contributed by atoms with Crippen molar-refractivity contribution >= 4 is 17.7 Å². The van der Waals surface area contributed by atoms with Crippen LogP contribution in [0.3, 0.4) is 0 Å². The number of piperidine rings is 1. The maximum Gasteiger partial charge on any atom is 0.325 e. The van der Waals surface area contributed by atoms with Gasteiger partial charge in [-0.15, -0.1) is 11.8 Å². The Morgan fingerprint density at radius 3 is 2.56 bits per heavy atom. The molecule has 1 atom stereocenters. The molecule has 0 amide bonds. The van der Waals surface area contributed by atoms with Gasteiger partial charge in [0.25, 0.3) is 0 Å². The molecule has 0 unspecified atom stereocenters. The Bertz CT molecular complexity index is 686. The van der Waals surface area contributed by atoms with E-state index in [1.165, 1.54) is 0 Å². The Kier molecular flexibility index (Phi) is 5.94. The third-order valence-electron chi connectivity index (χ3n) is 4.44. The molecule has 132 valence electrons. The number of likely N-dealkylation sites (tertiary alicyclic amines) is 1. The van der Waals surface area contributed by atoms with Gasteiger partial charge in [-0.3, -0.25) is 14.7 Å². The smallest absolute Gasteiger partial charge is 0.325 e. The predicted molar refractivity (Wildman–Crippen MR) is 98.1 cm³/mol. The number of carboxylic acid groups (broad SMARTS) is 1. The van der Waals surface area contributed by atoms with Gasteiger partial charge >= 0.3 is 5.97 Å². The average Bonchev–Trinajstić information content (AvgIpc) is 2.64. The van der Waals surface area contributed by atoms with Gasteiger partial charge < -0.3 is 9.84 Å². The van der Waals surface area contributed by atoms with E-state index in [1.807, 2.05) is 47.6 Å². The van der Waals surface area contributed by atoms with E-state index in [4.69, 9.17) is 4.74 Å². The number of hydrogen-bond donors (Lipinski definition) is 1. The van der Waals surface area contributed by atoms with Gasteiger partial charge in [-0.05, 0) is 48.9 Å². The van der Waals surface area contributed by atoms with Gasteiger partial charge in [-0.25, -0.2) is 0 Å². The molecule has 25 heavy (non-hydrogen) atoms. The Hall–Kier alpha value is -2.05. The number of carboxylic acids is 1. The largest absolute Gasteiger partial charge is 0.489 e. The first-order valence-electron chi connectivity index (χ1n) is 8.35. The minimum Gasteiger partial charge on any atom is -0.489 e. The van der Waals surface area contributed by atoms with Gasteiger partial charge in [0.15, 0.2) is 0 Å². The summed E-state index contributed by atoms with van der Waals surface area (Å²) in [5.74, 6) is -0.0353. The molecule has 1 fully saturated rings. The molecule has 0 radical (unpaired) electrons. The predicted octanol–water partition coefficient (Wildman–Crippen LogP) is 3.47. The topological polar surface area (TPSA) is 62.7 Å². The van der Waals surface area contributed by atoms with Crippen molar-refractivity contribution in [3.8, 4) is 5.75 Å². The Morgan fingerprint density at radius 2 is 2.00 bits per heavy atom. The number of aromatic nitrogens is 1. The number of rotatable bonds is 6. The van der Waals surface area contributed by atoms with Crippen molar-refractivity contribution in [2.45, 2.75) is 29.9 Å². The fourth-order valence-electron chi connectivity index (χ4n) is 3.16. The van der Waals surface area contributed by atoms with Crippen LogP contribution in [-0.2, 0) is 4.79 Å². The molecule has 0 spiro atoms. The zero-order chi connectivity index (χ0) is 17.6. The monoisotopic (exact) mass is 358 g/mol. The molecule has 0 saturated carbocycles. The van der Waals surface area contributed by atoms with Gasteiger partial charge in [-0.1, -0.05) is 12.1 Å². The second kappa shape index (κ2) is 8.36. The lowest BCUT2D eigenvalue weighted by Crippen LogP contribution is -2.43. The minimum absolute atomic E-state index is 0.105. The summed E-state index contributed by atoms with van der Waals surface area (Å²) in [5.41, 5.74) is 0.830. The standard InChI is InChI=1S/C19H22N2O3S/c1-25-17-6-4-14(5-7-17)18(19(22)23)21-11-8-15(9-12-21)24-16-3-2-10-20-13-16/h2-7,10,13,15,18H,8-9,11-12H2,1H3,(H,22,23)/t18-/m1/s1. The number of hydrogen-bond acceptors (Lipinski definition) is 5. The van der Waals surface area contributed by atoms with E-state index < -0.39 is 12.0 Å². The van der Waals surface area contributed by atoms with Crippen molar-refractivity contribution in [1.82, 2.24) is 9.88 Å². The second-order valence-electron chi connectivity index (χ2n) is 6.06. The van der Waals surface area contributed by atoms with E-state index in [9.17, 15) is 9.90 Å². The van der Waals surface area contributed by atoms with Gasteiger partial charge in [-0.2, -0.15) is 0 Å². The highest BCUT2D eigenvalue weighted by molar-refractivity contribution is 7.98. The molecule has 1 aliphatic rings. The molecule has 1 aromatic heterocycles. The highest BCUT2D eigenvalue weighted by Gasteiger charge is 2.31. The Labute approximate surface area is 152 Å². The molecular formula is C19H22N2O3S. The zero-order valence-electron chi connectivity index (χ0n) is 14.2. The summed E-state index contributed by atoms with van der Waals surface area (Å²) in [5, 5.41) is 9.72. The van der Waals surface area contributed by atoms with E-state index in [0.29, 0.717) is 13.1 Å². The average molecular weight is 358 g/mol. The van der Waals surface area contributed by atoms with Gasteiger partial charge in [0.05, 0.1) is 6.20 Å². The summed E-state index contributed by atoms with van der Waals surface area (Å²) in [4.78, 5) is 19.1. The fraction of sp³-hybridized carbons (Fsp3) is 0.368. The maximum atomic E-state index is 11.8. The molecule has 0 bridgehead atoms. The first-order chi connectivity index (χ1) is 12.2. The highest BCUT2D eigenvalue weighted by Crippen LogP contribution is 2.28. The first kappa shape index (κ1) is 17.8. The summed E-state index contributed by atoms with van der Waals surface area (Å²) >= 11 is 1.65. The summed E-state index contributed by atoms with van der Waals surface area (Å²) in [7, 11) is 0. The molecule has 5 nitrogen and oxygen atoms in total. The Morgan fingerprint density at radius 1 is 1.28 bits per heavy atom. The lowest BCUT2D eigenvalue weighted by molar-refractivity contribution is -0.144. The van der Waals surface area contributed by atoms with Crippen LogP contribution in [0.15, 0.2) is 53.7 Å². The van der Waals surface area contributed by atoms with Crippen molar-refractivity contribution in [3.63, 3.8) is 0 Å². The van der Waals surface area contributed by atoms with E-state index in [1.54, 1.807) is 24.2 Å². The number of thioether (sulfide) groups is 1. The van der Waals surface area contributed by atoms with E-state index in [-0.39, 0.29) is 6.10 Å². The number of nitrogens with zero attached hydrogens (tertiary/aromatic N) is 2. The van der Waals surface area contributed by atoms with E-state index in [2.05, 4.69) is 4.98 Å². The van der Waals surface area contributed by atoms with Crippen LogP contribution in [0.5, 0.6) is 5.75 Å². The van der Waals surface area contributed by atoms with Gasteiger partial charge in [0, 0.05) is 24.2 Å². The molecule has 2 heterocycles. The molecule has 1 N–H and O–H groups in total. The molecule has 1 saturated heterocycles. The highest BCUT2D eigenvalue weighted by atomic mass is 32.2. The maximum absolute atomic E-state index is 11.8. The summed E-state index contributed by atoms with van der Waals surface area (Å²) < 4.78 is 5.94. The van der Waals surface area contributed by atoms with Crippen molar-refractivity contribution < 1.29 is 14.6 Å². The molecule has 3 rings (SSSR count). The van der Waals surface area contributed by atoms with E-state index in [0.717, 1.165) is 29.1 Å². The van der Waals surface area contributed by atoms with Crippen LogP contribution in [0.2, 0.25) is 0 Å². The van der Waals surface area contributed by atoms with Gasteiger partial charge in [0.1, 0.15) is 17.9 Å². The normalized spacial score (nSPS) is 17.2. The number of benzene rings is 1. The number of carbonyl (C=O) groups is 1. The van der Waals surface area contributed by atoms with Crippen LogP contribution in [0.4, 0.5) is 0 Å². The number of pyridine rings is 1. The lowest BCUT2D eigenvalue weighted by Gasteiger charge is -2.35. The van der Waals surface area contributed by atoms with Crippen LogP contribution in [0.25, 0.3) is 0 Å². The number of aliphatic carboxylic acids is 1. The van der Waals surface area contributed by atoms with Gasteiger partial charge in [0.2, 0.25) is 0 Å². The van der Waals surface area contributed by atoms with Crippen molar-refractivity contribution in [1.29, 1.82) is 0 Å². The van der Waals surface area contributed by atoms with Crippen LogP contribution in [-0.4, -0.2) is 46.4 Å². The quantitative estimate of drug-likeness (QED) is 0.798. The first-order valence-corrected chi connectivity index (χ1v) is 9.57. The number of ether oxygens (including phenoxy) is 1. The SMILES string of the molecule is CSc1ccc([C@H](C(=O)O)N2CCC(Oc3cccnc3)CC2)cc1. The third-order valence-corrected chi connectivity index (χ3v) is 5.19. The van der Waals surface area contributed by atoms with Crippen LogP contribution >= 0.6 is 11.8 Å². The van der Waals surface area contributed by atoms with E-state index >= 15 is 0 Å². The summed E-state index contributed by atoms with van der Waals surface area (Å²) in [6, 6.07) is 10.9. The second-order valence-corrected chi connectivity index (χ2v) is 6.94. The Balaban J connectivity index is 1.63. The zero-order valence-corrected chi connectivity index (χ0v) is 15.0. The van der Waals surface area contributed by atoms with Crippen LogP contribution in [0, 0.1) is 0 Å². The summed E-state index contributed by atoms with van der Waals surface area (Å²) in [6.07, 6.45) is 7.16. The molecule has 1 aliphatic heterocycles. The molecule has 1 aromatic carbocycles. The van der Waals surface area contributed by atoms with Crippen molar-refractivity contribution in [3.05, 3.63) is 54.4 Å². The fourth-order valence-corrected chi connectivity index (χ4v) is 3.57. The lowest BCUT2D eigenvalue weighted by atomic mass is 10.0. The summed E-state index contributed by atoms with van der Waals surface area (Å²) in [6.45, 7) is 1.40. The third kappa shape index (κ3) is 4.52. The molecule has 6 heteroatoms. The minimum atomic E-state index is -0.802. The van der Waals surface area contributed by atoms with Crippen molar-refractivity contribution in [2.75, 3.05) is 19.3 Å². The van der Waals surface area contributed by atoms with Crippen LogP contribution < -0.4 is 4.74 Å². The molecular weight excluding hydrogens is 336 g/mol.